The van der Waals surface area contributed by atoms with Gasteiger partial charge in [-0.05, 0) is 18.6 Å². The Bertz CT molecular complexity index is 1260. The van der Waals surface area contributed by atoms with Gasteiger partial charge in [0.2, 0.25) is 5.91 Å². The van der Waals surface area contributed by atoms with Crippen LogP contribution >= 0.6 is 23.1 Å². The second kappa shape index (κ2) is 10.2. The summed E-state index contributed by atoms with van der Waals surface area (Å²) < 4.78 is 0. The lowest BCUT2D eigenvalue weighted by Crippen LogP contribution is -2.12. The monoisotopic (exact) mass is 456 g/mol. The van der Waals surface area contributed by atoms with Crippen molar-refractivity contribution in [1.29, 1.82) is 5.26 Å². The van der Waals surface area contributed by atoms with Crippen LogP contribution in [0.25, 0.3) is 22.4 Å². The Morgan fingerprint density at radius 3 is 2.38 bits per heavy atom. The van der Waals surface area contributed by atoms with Crippen molar-refractivity contribution in [3.8, 4) is 28.5 Å². The topological polar surface area (TPSA) is 78.7 Å². The minimum absolute atomic E-state index is 0.104. The second-order valence-corrected chi connectivity index (χ2v) is 8.96. The van der Waals surface area contributed by atoms with Gasteiger partial charge in [-0.15, -0.1) is 23.1 Å². The Labute approximate surface area is 195 Å². The van der Waals surface area contributed by atoms with Gasteiger partial charge in [-0.2, -0.15) is 5.26 Å². The first-order valence-corrected chi connectivity index (χ1v) is 11.9. The first-order chi connectivity index (χ1) is 15.6. The highest BCUT2D eigenvalue weighted by molar-refractivity contribution is 7.99. The number of anilines is 1. The summed E-state index contributed by atoms with van der Waals surface area (Å²) in [6.07, 6.45) is 0.298. The second-order valence-electron chi connectivity index (χ2n) is 7.02. The number of thiazole rings is 1. The zero-order chi connectivity index (χ0) is 22.3. The molecule has 0 saturated carbocycles. The van der Waals surface area contributed by atoms with Gasteiger partial charge in [-0.3, -0.25) is 4.79 Å². The number of thioether (sulfide) groups is 1. The number of pyridine rings is 1. The lowest BCUT2D eigenvalue weighted by atomic mass is 9.99. The number of nitrogens with zero attached hydrogens (tertiary/aromatic N) is 3. The third-order valence-corrected chi connectivity index (χ3v) is 6.54. The van der Waals surface area contributed by atoms with E-state index in [1.807, 2.05) is 79.0 Å². The number of hydrogen-bond acceptors (Lipinski definition) is 6. The zero-order valence-corrected chi connectivity index (χ0v) is 19.0. The third kappa shape index (κ3) is 5.22. The van der Waals surface area contributed by atoms with Crippen molar-refractivity contribution in [3.05, 3.63) is 83.4 Å². The van der Waals surface area contributed by atoms with E-state index >= 15 is 0 Å². The molecule has 0 atom stereocenters. The van der Waals surface area contributed by atoms with Gasteiger partial charge >= 0.3 is 0 Å². The van der Waals surface area contributed by atoms with Crippen LogP contribution in [0.5, 0.6) is 0 Å². The summed E-state index contributed by atoms with van der Waals surface area (Å²) in [7, 11) is 0. The van der Waals surface area contributed by atoms with Gasteiger partial charge in [-0.1, -0.05) is 60.7 Å². The summed E-state index contributed by atoms with van der Waals surface area (Å²) in [4.78, 5) is 21.3. The van der Waals surface area contributed by atoms with Crippen molar-refractivity contribution in [1.82, 2.24) is 9.97 Å². The highest BCUT2D eigenvalue weighted by atomic mass is 32.2. The van der Waals surface area contributed by atoms with Crippen LogP contribution in [-0.2, 0) is 4.79 Å². The van der Waals surface area contributed by atoms with E-state index in [2.05, 4.69) is 16.4 Å². The number of aryl methyl sites for hydroxylation is 1. The standard InChI is InChI=1S/C25H20N4OS2/c1-17-16-32-25(27-17)29-23(30)12-13-31-24-21(15-26)20(18-8-4-2-5-9-18)14-22(28-24)19-10-6-3-7-11-19/h2-11,14,16H,12-13H2,1H3,(H,27,29,30). The fourth-order valence-electron chi connectivity index (χ4n) is 3.17. The number of carbonyl (C=O) groups excluding carboxylic acids is 1. The molecule has 0 radical (unpaired) electrons. The molecule has 0 bridgehead atoms. The smallest absolute Gasteiger partial charge is 0.226 e. The fourth-order valence-corrected chi connectivity index (χ4v) is 4.82. The molecule has 1 amide bonds. The molecule has 2 heterocycles. The number of carbonyl (C=O) groups is 1. The number of benzene rings is 2. The molecule has 4 rings (SSSR count). The van der Waals surface area contributed by atoms with Gasteiger partial charge in [0, 0.05) is 28.7 Å². The zero-order valence-electron chi connectivity index (χ0n) is 17.4. The van der Waals surface area contributed by atoms with E-state index < -0.39 is 0 Å². The van der Waals surface area contributed by atoms with Crippen molar-refractivity contribution in [2.24, 2.45) is 0 Å². The molecule has 0 saturated heterocycles. The van der Waals surface area contributed by atoms with E-state index in [0.717, 1.165) is 28.1 Å². The van der Waals surface area contributed by atoms with Crippen molar-refractivity contribution in [2.75, 3.05) is 11.1 Å². The Morgan fingerprint density at radius 1 is 1.06 bits per heavy atom. The van der Waals surface area contributed by atoms with Gasteiger partial charge in [0.05, 0.1) is 17.0 Å². The summed E-state index contributed by atoms with van der Waals surface area (Å²) in [6, 6.07) is 24.0. The summed E-state index contributed by atoms with van der Waals surface area (Å²) in [6.45, 7) is 1.89. The molecule has 5 nitrogen and oxygen atoms in total. The average Bonchev–Trinajstić information content (AvgIpc) is 3.24. The van der Waals surface area contributed by atoms with Crippen LogP contribution in [0.15, 0.2) is 77.1 Å². The minimum atomic E-state index is -0.104. The molecule has 4 aromatic rings. The van der Waals surface area contributed by atoms with Gasteiger partial charge < -0.3 is 5.32 Å². The van der Waals surface area contributed by atoms with Crippen molar-refractivity contribution < 1.29 is 4.79 Å². The van der Waals surface area contributed by atoms with Crippen molar-refractivity contribution >= 4 is 34.1 Å². The Hall–Kier alpha value is -3.47. The van der Waals surface area contributed by atoms with Crippen molar-refractivity contribution in [2.45, 2.75) is 18.4 Å². The molecule has 2 aromatic carbocycles. The Kier molecular flexibility index (Phi) is 6.95. The lowest BCUT2D eigenvalue weighted by molar-refractivity contribution is -0.115. The van der Waals surface area contributed by atoms with E-state index in [4.69, 9.17) is 4.98 Å². The highest BCUT2D eigenvalue weighted by Crippen LogP contribution is 2.34. The Morgan fingerprint density at radius 2 is 1.75 bits per heavy atom. The van der Waals surface area contributed by atoms with E-state index in [1.54, 1.807) is 0 Å². The van der Waals surface area contributed by atoms with Gasteiger partial charge in [0.25, 0.3) is 0 Å². The molecule has 0 aliphatic heterocycles. The quantitative estimate of drug-likeness (QED) is 0.336. The SMILES string of the molecule is Cc1csc(NC(=O)CCSc2nc(-c3ccccc3)cc(-c3ccccc3)c2C#N)n1. The maximum Gasteiger partial charge on any atom is 0.226 e. The summed E-state index contributed by atoms with van der Waals surface area (Å²) in [5.74, 6) is 0.400. The maximum atomic E-state index is 12.3. The van der Waals surface area contributed by atoms with Crippen LogP contribution in [0, 0.1) is 18.3 Å². The molecular weight excluding hydrogens is 436 g/mol. The third-order valence-electron chi connectivity index (χ3n) is 4.69. The largest absolute Gasteiger partial charge is 0.302 e. The van der Waals surface area contributed by atoms with Crippen LogP contribution in [0.3, 0.4) is 0 Å². The molecule has 0 aliphatic carbocycles. The van der Waals surface area contributed by atoms with Crippen LogP contribution < -0.4 is 5.32 Å². The minimum Gasteiger partial charge on any atom is -0.302 e. The number of rotatable bonds is 7. The van der Waals surface area contributed by atoms with Gasteiger partial charge in [-0.25, -0.2) is 9.97 Å². The number of nitriles is 1. The Balaban J connectivity index is 1.60. The van der Waals surface area contributed by atoms with Crippen LogP contribution in [0.4, 0.5) is 5.13 Å². The molecular formula is C25H20N4OS2. The predicted molar refractivity (Wildman–Crippen MR) is 131 cm³/mol. The van der Waals surface area contributed by atoms with E-state index in [9.17, 15) is 10.1 Å². The normalized spacial score (nSPS) is 10.5. The highest BCUT2D eigenvalue weighted by Gasteiger charge is 2.16. The summed E-state index contributed by atoms with van der Waals surface area (Å²) in [5, 5.41) is 15.9. The first-order valence-electron chi connectivity index (χ1n) is 10.0. The lowest BCUT2D eigenvalue weighted by Gasteiger charge is -2.12. The van der Waals surface area contributed by atoms with E-state index in [1.165, 1.54) is 23.1 Å². The first kappa shape index (κ1) is 21.8. The molecule has 0 unspecified atom stereocenters. The van der Waals surface area contributed by atoms with Crippen molar-refractivity contribution in [3.63, 3.8) is 0 Å². The van der Waals surface area contributed by atoms with Gasteiger partial charge in [0.15, 0.2) is 5.13 Å². The number of hydrogen-bond donors (Lipinski definition) is 1. The van der Waals surface area contributed by atoms with Crippen LogP contribution in [0.1, 0.15) is 17.7 Å². The molecule has 32 heavy (non-hydrogen) atoms. The number of amides is 1. The molecule has 0 spiro atoms. The molecule has 0 aliphatic rings. The number of aromatic nitrogens is 2. The molecule has 0 fully saturated rings. The average molecular weight is 457 g/mol. The van der Waals surface area contributed by atoms with E-state index in [0.29, 0.717) is 27.9 Å². The number of nitrogens with one attached hydrogen (secondary N) is 1. The molecule has 2 aromatic heterocycles. The molecule has 158 valence electrons. The summed E-state index contributed by atoms with van der Waals surface area (Å²) in [5.41, 5.74) is 4.99. The predicted octanol–water partition coefficient (Wildman–Crippen LogP) is 6.17. The van der Waals surface area contributed by atoms with Gasteiger partial charge in [0.1, 0.15) is 11.1 Å². The van der Waals surface area contributed by atoms with Crippen LogP contribution in [-0.4, -0.2) is 21.6 Å². The summed E-state index contributed by atoms with van der Waals surface area (Å²) >= 11 is 2.83. The van der Waals surface area contributed by atoms with Crippen LogP contribution in [0.2, 0.25) is 0 Å². The maximum absolute atomic E-state index is 12.3. The van der Waals surface area contributed by atoms with E-state index in [-0.39, 0.29) is 5.91 Å². The molecule has 7 heteroatoms. The molecule has 1 N–H and O–H groups in total. The fraction of sp³-hybridized carbons (Fsp3) is 0.120.